The molecule has 0 aliphatic heterocycles. The van der Waals surface area contributed by atoms with E-state index >= 15 is 0 Å². The second kappa shape index (κ2) is 58.7. The molecule has 0 aromatic carbocycles. The largest absolute Gasteiger partial charge is 0.454 e. The summed E-state index contributed by atoms with van der Waals surface area (Å²) in [5, 5.41) is 32.3. The van der Waals surface area contributed by atoms with Crippen molar-refractivity contribution in [3.8, 4) is 0 Å². The van der Waals surface area contributed by atoms with E-state index in [4.69, 9.17) is 14.2 Å². The summed E-state index contributed by atoms with van der Waals surface area (Å²) in [5.74, 6) is -9.33. The van der Waals surface area contributed by atoms with Crippen LogP contribution in [-0.2, 0) is 28.6 Å². The third-order valence-corrected chi connectivity index (χ3v) is 15.8. The number of carbonyl (C=O) groups excluding carboxylic acids is 3. The minimum absolute atomic E-state index is 0.0530. The van der Waals surface area contributed by atoms with Gasteiger partial charge in [-0.2, -0.15) is 0 Å². The Hall–Kier alpha value is -2.49. The van der Waals surface area contributed by atoms with Crippen molar-refractivity contribution in [1.82, 2.24) is 0 Å². The van der Waals surface area contributed by atoms with Gasteiger partial charge in [-0.05, 0) is 103 Å². The SMILES string of the molecule is CCCCCCCC/C=C\CCCCCCCCCCCC(=O)OC(C)C(OC(=O)CCCCCCCCCCC/C=C\CCCCCCCC)(OC(=O)CCCCCCCCCCC/C=C\CCCCCCCC)C(O)(O)O. The minimum atomic E-state index is -3.84. The molecule has 3 N–H and O–H groups in total. The second-order valence-electron chi connectivity index (χ2n) is 23.6. The third-order valence-electron chi connectivity index (χ3n) is 15.8. The monoisotopic (exact) mass is 1110 g/mol. The summed E-state index contributed by atoms with van der Waals surface area (Å²) >= 11 is 0. The van der Waals surface area contributed by atoms with Crippen molar-refractivity contribution in [2.24, 2.45) is 0 Å². The standard InChI is InChI=1S/C70H130O9/c1-5-8-11-14-17-20-23-26-29-32-35-38-41-44-47-50-53-56-59-62-66(71)77-65(4)69(70(74,75)76,78-67(72)63-60-57-54-51-48-45-42-39-36-33-30-27-24-21-18-15-12-9-6-2)79-68(73)64-61-58-55-52-49-46-43-40-37-34-31-28-25-22-19-16-13-10-7-3/h26-31,65,74-76H,5-25,32-64H2,1-4H3/b29-26-,30-27-,31-28-. The lowest BCUT2D eigenvalue weighted by Gasteiger charge is -2.41. The number of aliphatic hydroxyl groups is 3. The summed E-state index contributed by atoms with van der Waals surface area (Å²) in [6.07, 6.45) is 71.8. The number of ether oxygens (including phenoxy) is 3. The molecule has 0 aliphatic rings. The molecule has 0 bridgehead atoms. The Bertz CT molecular complexity index is 1350. The van der Waals surface area contributed by atoms with Crippen LogP contribution in [0.3, 0.4) is 0 Å². The predicted octanol–water partition coefficient (Wildman–Crippen LogP) is 21.1. The molecule has 0 heterocycles. The molecule has 1 atom stereocenters. The molecule has 79 heavy (non-hydrogen) atoms. The van der Waals surface area contributed by atoms with Gasteiger partial charge in [0, 0.05) is 19.3 Å². The van der Waals surface area contributed by atoms with Gasteiger partial charge in [0.05, 0.1) is 0 Å². The highest BCUT2D eigenvalue weighted by Crippen LogP contribution is 2.33. The molecule has 0 saturated heterocycles. The van der Waals surface area contributed by atoms with E-state index in [1.54, 1.807) is 0 Å². The Balaban J connectivity index is 4.87. The lowest BCUT2D eigenvalue weighted by atomic mass is 10.0. The lowest BCUT2D eigenvalue weighted by molar-refractivity contribution is -0.460. The van der Waals surface area contributed by atoms with Gasteiger partial charge in [-0.15, -0.1) is 0 Å². The topological polar surface area (TPSA) is 140 Å². The van der Waals surface area contributed by atoms with Crippen molar-refractivity contribution < 1.29 is 43.9 Å². The van der Waals surface area contributed by atoms with Crippen LogP contribution in [-0.4, -0.2) is 51.1 Å². The summed E-state index contributed by atoms with van der Waals surface area (Å²) in [5.41, 5.74) is 0. The first-order valence-electron chi connectivity index (χ1n) is 34.3. The van der Waals surface area contributed by atoms with Crippen molar-refractivity contribution in [2.75, 3.05) is 0 Å². The Morgan fingerprint density at radius 1 is 0.304 bits per heavy atom. The highest BCUT2D eigenvalue weighted by Gasteiger charge is 2.63. The number of allylic oxidation sites excluding steroid dienone is 6. The molecule has 464 valence electrons. The number of unbranched alkanes of at least 4 members (excludes halogenated alkanes) is 45. The first-order valence-corrected chi connectivity index (χ1v) is 34.3. The molecule has 0 fully saturated rings. The normalized spacial score (nSPS) is 12.6. The van der Waals surface area contributed by atoms with Crippen LogP contribution in [0.15, 0.2) is 36.5 Å². The van der Waals surface area contributed by atoms with Crippen molar-refractivity contribution in [3.05, 3.63) is 36.5 Å². The van der Waals surface area contributed by atoms with Crippen LogP contribution in [0.5, 0.6) is 0 Å². The highest BCUT2D eigenvalue weighted by molar-refractivity contribution is 5.73. The van der Waals surface area contributed by atoms with Crippen LogP contribution in [0.1, 0.15) is 374 Å². The molecule has 1 unspecified atom stereocenters. The molecule has 0 spiro atoms. The van der Waals surface area contributed by atoms with Crippen LogP contribution in [0.2, 0.25) is 0 Å². The smallest absolute Gasteiger partial charge is 0.376 e. The van der Waals surface area contributed by atoms with Gasteiger partial charge < -0.3 is 29.5 Å². The molecule has 0 aliphatic carbocycles. The van der Waals surface area contributed by atoms with E-state index in [0.29, 0.717) is 19.3 Å². The van der Waals surface area contributed by atoms with Crippen LogP contribution < -0.4 is 0 Å². The fourth-order valence-electron chi connectivity index (χ4n) is 10.5. The van der Waals surface area contributed by atoms with E-state index in [1.165, 1.54) is 225 Å². The quantitative estimate of drug-likeness (QED) is 0.0235. The van der Waals surface area contributed by atoms with Gasteiger partial charge in [0.15, 0.2) is 6.10 Å². The Morgan fingerprint density at radius 2 is 0.494 bits per heavy atom. The highest BCUT2D eigenvalue weighted by atomic mass is 16.8. The molecule has 0 rings (SSSR count). The number of hydrogen-bond donors (Lipinski definition) is 3. The molecule has 0 aromatic heterocycles. The minimum Gasteiger partial charge on any atom is -0.454 e. The number of hydrogen-bond acceptors (Lipinski definition) is 9. The van der Waals surface area contributed by atoms with Crippen LogP contribution >= 0.6 is 0 Å². The number of esters is 3. The predicted molar refractivity (Wildman–Crippen MR) is 334 cm³/mol. The maximum Gasteiger partial charge on any atom is 0.376 e. The first-order chi connectivity index (χ1) is 38.5. The molecule has 0 radical (unpaired) electrons. The van der Waals surface area contributed by atoms with Crippen LogP contribution in [0, 0.1) is 0 Å². The third kappa shape index (κ3) is 50.9. The lowest BCUT2D eigenvalue weighted by Crippen LogP contribution is -2.66. The maximum atomic E-state index is 13.4. The zero-order valence-corrected chi connectivity index (χ0v) is 52.5. The average molecular weight is 1120 g/mol. The van der Waals surface area contributed by atoms with Gasteiger partial charge in [0.1, 0.15) is 0 Å². The van der Waals surface area contributed by atoms with Crippen molar-refractivity contribution in [3.63, 3.8) is 0 Å². The molecular formula is C70H130O9. The van der Waals surface area contributed by atoms with E-state index in [1.807, 2.05) is 0 Å². The maximum absolute atomic E-state index is 13.4. The molecular weight excluding hydrogens is 985 g/mol. The van der Waals surface area contributed by atoms with Crippen molar-refractivity contribution in [2.45, 2.75) is 392 Å². The van der Waals surface area contributed by atoms with Crippen LogP contribution in [0.4, 0.5) is 0 Å². The summed E-state index contributed by atoms with van der Waals surface area (Å²) < 4.78 is 16.7. The number of carbonyl (C=O) groups is 3. The zero-order valence-electron chi connectivity index (χ0n) is 52.5. The van der Waals surface area contributed by atoms with E-state index in [2.05, 4.69) is 57.2 Å². The number of rotatable bonds is 62. The summed E-state index contributed by atoms with van der Waals surface area (Å²) in [4.78, 5) is 39.9. The molecule has 0 aromatic rings. The molecule has 0 amide bonds. The van der Waals surface area contributed by atoms with E-state index in [9.17, 15) is 29.7 Å². The van der Waals surface area contributed by atoms with E-state index < -0.39 is 35.8 Å². The van der Waals surface area contributed by atoms with E-state index in [-0.39, 0.29) is 19.3 Å². The Labute approximate surface area is 488 Å². The van der Waals surface area contributed by atoms with Crippen molar-refractivity contribution >= 4 is 17.9 Å². The zero-order chi connectivity index (χ0) is 57.9. The van der Waals surface area contributed by atoms with Gasteiger partial charge in [-0.25, -0.2) is 0 Å². The first kappa shape index (κ1) is 76.5. The summed E-state index contributed by atoms with van der Waals surface area (Å²) in [6, 6.07) is 0. The van der Waals surface area contributed by atoms with Gasteiger partial charge in [0.2, 0.25) is 0 Å². The van der Waals surface area contributed by atoms with Gasteiger partial charge >= 0.3 is 29.7 Å². The summed E-state index contributed by atoms with van der Waals surface area (Å²) in [7, 11) is 0. The molecule has 9 heteroatoms. The van der Waals surface area contributed by atoms with Gasteiger partial charge in [0.25, 0.3) is 0 Å². The van der Waals surface area contributed by atoms with Crippen LogP contribution in [0.25, 0.3) is 0 Å². The average Bonchev–Trinajstić information content (AvgIpc) is 3.50. The molecule has 0 saturated carbocycles. The Kier molecular flexibility index (Phi) is 56.8. The van der Waals surface area contributed by atoms with Gasteiger partial charge in [-0.3, -0.25) is 14.4 Å². The summed E-state index contributed by atoms with van der Waals surface area (Å²) in [6.45, 7) is 8.04. The van der Waals surface area contributed by atoms with E-state index in [0.717, 1.165) is 89.9 Å². The fraction of sp³-hybridized carbons (Fsp3) is 0.871. The fourth-order valence-corrected chi connectivity index (χ4v) is 10.5. The second-order valence-corrected chi connectivity index (χ2v) is 23.6. The van der Waals surface area contributed by atoms with Crippen molar-refractivity contribution in [1.29, 1.82) is 0 Å². The molecule has 9 nitrogen and oxygen atoms in total. The Morgan fingerprint density at radius 3 is 0.709 bits per heavy atom. The van der Waals surface area contributed by atoms with Gasteiger partial charge in [-0.1, -0.05) is 288 Å².